The van der Waals surface area contributed by atoms with Crippen molar-refractivity contribution in [3.05, 3.63) is 75.1 Å². The molecule has 2 aliphatic heterocycles. The summed E-state index contributed by atoms with van der Waals surface area (Å²) in [5.74, 6) is -1.27. The number of hydrogen-bond acceptors (Lipinski definition) is 6. The van der Waals surface area contributed by atoms with Crippen LogP contribution in [-0.2, 0) is 13.0 Å². The third kappa shape index (κ3) is 3.98. The van der Waals surface area contributed by atoms with E-state index in [-0.39, 0.29) is 18.0 Å². The van der Waals surface area contributed by atoms with Crippen molar-refractivity contribution in [2.45, 2.75) is 13.0 Å². The number of likely N-dealkylation sites (N-methyl/N-ethyl adjacent to an activating group) is 1. The van der Waals surface area contributed by atoms with Crippen LogP contribution in [-0.4, -0.2) is 66.6 Å². The number of carboxylic acids is 1. The zero-order valence-electron chi connectivity index (χ0n) is 18.4. The zero-order chi connectivity index (χ0) is 23.1. The molecule has 8 nitrogen and oxygen atoms in total. The maximum atomic E-state index is 12.9. The number of carbonyl (C=O) groups is 2. The van der Waals surface area contributed by atoms with Gasteiger partial charge in [0.2, 0.25) is 0 Å². The van der Waals surface area contributed by atoms with E-state index in [0.717, 1.165) is 42.8 Å². The van der Waals surface area contributed by atoms with E-state index in [0.29, 0.717) is 29.7 Å². The Kier molecular flexibility index (Phi) is 5.38. The minimum atomic E-state index is -1.04. The molecule has 5 rings (SSSR count). The van der Waals surface area contributed by atoms with Crippen LogP contribution in [0.25, 0.3) is 11.0 Å². The number of benzene rings is 2. The predicted octanol–water partition coefficient (Wildman–Crippen LogP) is 2.44. The van der Waals surface area contributed by atoms with Gasteiger partial charge in [-0.3, -0.25) is 4.79 Å². The fourth-order valence-electron chi connectivity index (χ4n) is 4.63. The predicted molar refractivity (Wildman–Crippen MR) is 124 cm³/mol. The summed E-state index contributed by atoms with van der Waals surface area (Å²) in [6.45, 7) is 4.51. The van der Waals surface area contributed by atoms with E-state index in [9.17, 15) is 14.4 Å². The van der Waals surface area contributed by atoms with E-state index in [4.69, 9.17) is 9.52 Å². The average Bonchev–Trinajstić information content (AvgIpc) is 2.83. The van der Waals surface area contributed by atoms with Crippen molar-refractivity contribution in [2.24, 2.45) is 0 Å². The van der Waals surface area contributed by atoms with Crippen LogP contribution in [0.5, 0.6) is 0 Å². The Bertz CT molecular complexity index is 1290. The fraction of sp³-hybridized carbons (Fsp3) is 0.320. The van der Waals surface area contributed by atoms with Gasteiger partial charge in [-0.25, -0.2) is 9.59 Å². The third-order valence-corrected chi connectivity index (χ3v) is 6.62. The first-order valence-corrected chi connectivity index (χ1v) is 11.1. The number of carboxylic acid groups (broad SMARTS) is 1. The van der Waals surface area contributed by atoms with Crippen molar-refractivity contribution in [3.63, 3.8) is 0 Å². The summed E-state index contributed by atoms with van der Waals surface area (Å²) in [5.41, 5.74) is 3.19. The molecule has 1 amide bonds. The Morgan fingerprint density at radius 1 is 0.909 bits per heavy atom. The average molecular weight is 447 g/mol. The van der Waals surface area contributed by atoms with Gasteiger partial charge in [0.05, 0.1) is 17.7 Å². The van der Waals surface area contributed by atoms with Crippen LogP contribution in [0.1, 0.15) is 31.8 Å². The number of anilines is 1. The highest BCUT2D eigenvalue weighted by atomic mass is 16.4. The Labute approximate surface area is 190 Å². The van der Waals surface area contributed by atoms with Crippen molar-refractivity contribution >= 4 is 28.5 Å². The summed E-state index contributed by atoms with van der Waals surface area (Å²) in [4.78, 5) is 43.0. The number of aromatic carboxylic acids is 1. The lowest BCUT2D eigenvalue weighted by molar-refractivity contribution is 0.0692. The molecule has 0 atom stereocenters. The van der Waals surface area contributed by atoms with Gasteiger partial charge < -0.3 is 24.2 Å². The molecule has 1 N–H and O–H groups in total. The van der Waals surface area contributed by atoms with Gasteiger partial charge in [-0.15, -0.1) is 0 Å². The molecule has 3 heterocycles. The van der Waals surface area contributed by atoms with Crippen molar-refractivity contribution in [3.8, 4) is 0 Å². The largest absolute Gasteiger partial charge is 0.478 e. The van der Waals surface area contributed by atoms with E-state index in [2.05, 4.69) is 22.9 Å². The number of piperazine rings is 1. The van der Waals surface area contributed by atoms with Crippen LogP contribution in [0.2, 0.25) is 0 Å². The molecule has 1 fully saturated rings. The standard InChI is InChI=1S/C25H25N3O5/c1-26-10-12-27(13-11-26)18-6-7-20-19-8-9-28(15-21(19)25(32)33-22(20)14-18)23(29)16-2-4-17(5-3-16)24(30)31/h2-7,14H,8-13,15H2,1H3,(H,30,31). The van der Waals surface area contributed by atoms with E-state index in [1.54, 1.807) is 4.90 Å². The quantitative estimate of drug-likeness (QED) is 0.617. The molecular formula is C25H25N3O5. The fourth-order valence-corrected chi connectivity index (χ4v) is 4.63. The number of fused-ring (bicyclic) bond motifs is 3. The molecule has 0 bridgehead atoms. The first-order chi connectivity index (χ1) is 15.9. The van der Waals surface area contributed by atoms with Gasteiger partial charge in [0.1, 0.15) is 5.58 Å². The number of rotatable bonds is 3. The highest BCUT2D eigenvalue weighted by Crippen LogP contribution is 2.29. The van der Waals surface area contributed by atoms with Gasteiger partial charge in [-0.2, -0.15) is 0 Å². The second-order valence-corrected chi connectivity index (χ2v) is 8.68. The smallest absolute Gasteiger partial charge is 0.341 e. The zero-order valence-corrected chi connectivity index (χ0v) is 18.4. The maximum absolute atomic E-state index is 12.9. The molecule has 0 spiro atoms. The van der Waals surface area contributed by atoms with E-state index in [1.165, 1.54) is 24.3 Å². The number of hydrogen-bond donors (Lipinski definition) is 1. The Hall–Kier alpha value is -3.65. The summed E-state index contributed by atoms with van der Waals surface area (Å²) in [5, 5.41) is 9.96. The van der Waals surface area contributed by atoms with Crippen LogP contribution >= 0.6 is 0 Å². The van der Waals surface area contributed by atoms with Crippen LogP contribution in [0, 0.1) is 0 Å². The van der Waals surface area contributed by atoms with Crippen LogP contribution in [0.15, 0.2) is 51.7 Å². The molecule has 0 radical (unpaired) electrons. The van der Waals surface area contributed by atoms with E-state index in [1.807, 2.05) is 12.1 Å². The first kappa shape index (κ1) is 21.2. The van der Waals surface area contributed by atoms with Crippen LogP contribution in [0.3, 0.4) is 0 Å². The summed E-state index contributed by atoms with van der Waals surface area (Å²) in [7, 11) is 2.11. The van der Waals surface area contributed by atoms with Gasteiger partial charge in [0.15, 0.2) is 0 Å². The molecule has 33 heavy (non-hydrogen) atoms. The lowest BCUT2D eigenvalue weighted by Crippen LogP contribution is -2.44. The summed E-state index contributed by atoms with van der Waals surface area (Å²) in [6, 6.07) is 11.9. The van der Waals surface area contributed by atoms with Gasteiger partial charge in [-0.1, -0.05) is 0 Å². The molecule has 1 aromatic heterocycles. The minimum absolute atomic E-state index is 0.124. The second-order valence-electron chi connectivity index (χ2n) is 8.68. The molecule has 0 saturated carbocycles. The van der Waals surface area contributed by atoms with Gasteiger partial charge in [-0.05, 0) is 55.4 Å². The van der Waals surface area contributed by atoms with E-state index >= 15 is 0 Å². The molecule has 8 heteroatoms. The first-order valence-electron chi connectivity index (χ1n) is 11.1. The van der Waals surface area contributed by atoms with Crippen molar-refractivity contribution in [1.29, 1.82) is 0 Å². The Morgan fingerprint density at radius 3 is 2.30 bits per heavy atom. The molecule has 170 valence electrons. The van der Waals surface area contributed by atoms with Gasteiger partial charge in [0, 0.05) is 55.4 Å². The number of nitrogens with zero attached hydrogens (tertiary/aromatic N) is 3. The molecule has 2 aromatic carbocycles. The van der Waals surface area contributed by atoms with Crippen molar-refractivity contribution in [2.75, 3.05) is 44.7 Å². The lowest BCUT2D eigenvalue weighted by atomic mass is 9.96. The molecule has 0 aliphatic carbocycles. The number of amides is 1. The molecule has 3 aromatic rings. The molecule has 2 aliphatic rings. The Morgan fingerprint density at radius 2 is 1.61 bits per heavy atom. The van der Waals surface area contributed by atoms with E-state index < -0.39 is 11.6 Å². The second kappa shape index (κ2) is 8.37. The highest BCUT2D eigenvalue weighted by Gasteiger charge is 2.27. The molecule has 0 unspecified atom stereocenters. The van der Waals surface area contributed by atoms with Crippen molar-refractivity contribution < 1.29 is 19.1 Å². The minimum Gasteiger partial charge on any atom is -0.478 e. The molecular weight excluding hydrogens is 422 g/mol. The Balaban J connectivity index is 1.41. The molecule has 1 saturated heterocycles. The SMILES string of the molecule is CN1CCN(c2ccc3c4c(c(=O)oc3c2)CN(C(=O)c2ccc(C(=O)O)cc2)CC4)CC1. The van der Waals surface area contributed by atoms with Gasteiger partial charge in [0.25, 0.3) is 5.91 Å². The normalized spacial score (nSPS) is 16.6. The summed E-state index contributed by atoms with van der Waals surface area (Å²) < 4.78 is 5.69. The van der Waals surface area contributed by atoms with Crippen LogP contribution < -0.4 is 10.5 Å². The lowest BCUT2D eigenvalue weighted by Gasteiger charge is -2.34. The highest BCUT2D eigenvalue weighted by molar-refractivity contribution is 5.96. The summed E-state index contributed by atoms with van der Waals surface area (Å²) >= 11 is 0. The number of carbonyl (C=O) groups excluding carboxylic acids is 1. The monoisotopic (exact) mass is 447 g/mol. The van der Waals surface area contributed by atoms with Crippen LogP contribution in [0.4, 0.5) is 5.69 Å². The topological polar surface area (TPSA) is 94.3 Å². The third-order valence-electron chi connectivity index (χ3n) is 6.62. The van der Waals surface area contributed by atoms with Gasteiger partial charge >= 0.3 is 11.6 Å². The maximum Gasteiger partial charge on any atom is 0.341 e. The summed E-state index contributed by atoms with van der Waals surface area (Å²) in [6.07, 6.45) is 0.560. The van der Waals surface area contributed by atoms with Crippen molar-refractivity contribution in [1.82, 2.24) is 9.80 Å².